The van der Waals surface area contributed by atoms with Gasteiger partial charge in [0, 0.05) is 38.8 Å². The predicted molar refractivity (Wildman–Crippen MR) is 131 cm³/mol. The average molecular weight is 536 g/mol. The molecule has 1 fully saturated rings. The van der Waals surface area contributed by atoms with Crippen molar-refractivity contribution in [3.63, 3.8) is 0 Å². The van der Waals surface area contributed by atoms with Gasteiger partial charge in [0.05, 0.1) is 24.3 Å². The molecule has 1 aromatic heterocycles. The van der Waals surface area contributed by atoms with E-state index in [1.165, 1.54) is 24.3 Å². The highest BCUT2D eigenvalue weighted by molar-refractivity contribution is 5.80. The summed E-state index contributed by atoms with van der Waals surface area (Å²) in [6, 6.07) is 13.0. The SMILES string of the molecule is CO[C@@H]1[C@@H](OC)[C@H](C)O[C@@H](O/N=C/c2ccc(-c3cn(-c4ccc(OC(F)(F)F)cc4)cn3)cc2)[C@@H]1OC. The van der Waals surface area contributed by atoms with Crippen LogP contribution in [0.2, 0.25) is 0 Å². The third kappa shape index (κ3) is 6.51. The standard InChI is InChI=1S/C26H28F3N3O6/c1-16-22(33-2)23(34-3)24(35-4)25(36-16)38-31-13-17-5-7-18(8-6-17)21-14-32(15-30-21)19-9-11-20(12-10-19)37-26(27,28)29/h5-16,22-25H,1-4H3/b31-13+/t16-,22-,23+,24+,25-/m0/s1. The highest BCUT2D eigenvalue weighted by atomic mass is 19.4. The minimum Gasteiger partial charge on any atom is -0.406 e. The molecule has 204 valence electrons. The summed E-state index contributed by atoms with van der Waals surface area (Å²) in [5.41, 5.74) is 2.95. The van der Waals surface area contributed by atoms with Crippen molar-refractivity contribution in [1.82, 2.24) is 9.55 Å². The van der Waals surface area contributed by atoms with Gasteiger partial charge in [0.1, 0.15) is 18.0 Å². The summed E-state index contributed by atoms with van der Waals surface area (Å²) in [6.07, 6.45) is -2.13. The van der Waals surface area contributed by atoms with Crippen molar-refractivity contribution in [3.05, 3.63) is 66.6 Å². The van der Waals surface area contributed by atoms with E-state index in [2.05, 4.69) is 14.9 Å². The zero-order valence-corrected chi connectivity index (χ0v) is 21.2. The minimum absolute atomic E-state index is 0.289. The smallest absolute Gasteiger partial charge is 0.406 e. The van der Waals surface area contributed by atoms with Crippen LogP contribution >= 0.6 is 0 Å². The molecule has 0 bridgehead atoms. The van der Waals surface area contributed by atoms with Gasteiger partial charge < -0.3 is 33.1 Å². The van der Waals surface area contributed by atoms with Crippen molar-refractivity contribution in [1.29, 1.82) is 0 Å². The zero-order chi connectivity index (χ0) is 27.3. The van der Waals surface area contributed by atoms with Gasteiger partial charge in [0.15, 0.2) is 6.10 Å². The van der Waals surface area contributed by atoms with Crippen LogP contribution in [0.5, 0.6) is 5.75 Å². The van der Waals surface area contributed by atoms with E-state index in [1.54, 1.807) is 44.6 Å². The number of oxime groups is 1. The van der Waals surface area contributed by atoms with E-state index in [1.807, 2.05) is 31.2 Å². The molecule has 0 spiro atoms. The fourth-order valence-electron chi connectivity index (χ4n) is 4.22. The molecule has 1 aliphatic heterocycles. The molecule has 0 N–H and O–H groups in total. The Hall–Kier alpha value is -3.45. The van der Waals surface area contributed by atoms with Crippen LogP contribution in [0.1, 0.15) is 12.5 Å². The Labute approximate surface area is 217 Å². The average Bonchev–Trinajstić information content (AvgIpc) is 3.38. The van der Waals surface area contributed by atoms with E-state index in [0.717, 1.165) is 11.1 Å². The van der Waals surface area contributed by atoms with Crippen LogP contribution in [0, 0.1) is 0 Å². The highest BCUT2D eigenvalue weighted by Gasteiger charge is 2.46. The Morgan fingerprint density at radius 3 is 2.18 bits per heavy atom. The number of imidazole rings is 1. The number of halogens is 3. The fraction of sp³-hybridized carbons (Fsp3) is 0.385. The van der Waals surface area contributed by atoms with Gasteiger partial charge in [0.25, 0.3) is 6.29 Å². The van der Waals surface area contributed by atoms with E-state index in [0.29, 0.717) is 11.4 Å². The summed E-state index contributed by atoms with van der Waals surface area (Å²) in [6.45, 7) is 1.86. The lowest BCUT2D eigenvalue weighted by atomic mass is 9.99. The topological polar surface area (TPSA) is 85.6 Å². The number of hydrogen-bond acceptors (Lipinski definition) is 8. The summed E-state index contributed by atoms with van der Waals surface area (Å²) in [7, 11) is 4.71. The summed E-state index contributed by atoms with van der Waals surface area (Å²) < 4.78 is 65.1. The second kappa shape index (κ2) is 11.9. The van der Waals surface area contributed by atoms with Crippen LogP contribution in [-0.4, -0.2) is 74.2 Å². The van der Waals surface area contributed by atoms with Crippen molar-refractivity contribution in [2.75, 3.05) is 21.3 Å². The maximum absolute atomic E-state index is 12.4. The molecule has 4 rings (SSSR count). The molecule has 9 nitrogen and oxygen atoms in total. The van der Waals surface area contributed by atoms with Crippen molar-refractivity contribution in [2.45, 2.75) is 44.0 Å². The monoisotopic (exact) mass is 535 g/mol. The molecule has 1 aliphatic rings. The van der Waals surface area contributed by atoms with Crippen LogP contribution in [0.4, 0.5) is 13.2 Å². The molecule has 0 radical (unpaired) electrons. The predicted octanol–water partition coefficient (Wildman–Crippen LogP) is 4.58. The van der Waals surface area contributed by atoms with Gasteiger partial charge in [-0.25, -0.2) is 4.98 Å². The molecule has 0 saturated carbocycles. The molecular formula is C26H28F3N3O6. The molecule has 12 heteroatoms. The van der Waals surface area contributed by atoms with E-state index in [-0.39, 0.29) is 24.1 Å². The first kappa shape index (κ1) is 27.6. The third-order valence-electron chi connectivity index (χ3n) is 6.07. The van der Waals surface area contributed by atoms with Gasteiger partial charge >= 0.3 is 6.36 Å². The zero-order valence-electron chi connectivity index (χ0n) is 21.2. The molecule has 38 heavy (non-hydrogen) atoms. The van der Waals surface area contributed by atoms with E-state index >= 15 is 0 Å². The molecular weight excluding hydrogens is 507 g/mol. The molecule has 2 heterocycles. The summed E-state index contributed by atoms with van der Waals surface area (Å²) in [5, 5.41) is 4.07. The van der Waals surface area contributed by atoms with E-state index < -0.39 is 18.8 Å². The third-order valence-corrected chi connectivity index (χ3v) is 6.07. The first-order chi connectivity index (χ1) is 18.2. The first-order valence-electron chi connectivity index (χ1n) is 11.7. The van der Waals surface area contributed by atoms with Crippen LogP contribution in [0.25, 0.3) is 16.9 Å². The Morgan fingerprint density at radius 1 is 0.921 bits per heavy atom. The molecule has 0 unspecified atom stereocenters. The Morgan fingerprint density at radius 2 is 1.58 bits per heavy atom. The lowest BCUT2D eigenvalue weighted by Gasteiger charge is -2.42. The van der Waals surface area contributed by atoms with E-state index in [4.69, 9.17) is 23.8 Å². The van der Waals surface area contributed by atoms with Gasteiger partial charge in [-0.2, -0.15) is 0 Å². The van der Waals surface area contributed by atoms with Crippen molar-refractivity contribution < 1.29 is 41.7 Å². The van der Waals surface area contributed by atoms with Crippen LogP contribution in [0.15, 0.2) is 66.2 Å². The number of methoxy groups -OCH3 is 3. The largest absolute Gasteiger partial charge is 0.573 e. The maximum atomic E-state index is 12.4. The summed E-state index contributed by atoms with van der Waals surface area (Å²) in [4.78, 5) is 9.98. The quantitative estimate of drug-likeness (QED) is 0.293. The summed E-state index contributed by atoms with van der Waals surface area (Å²) in [5.74, 6) is -0.289. The lowest BCUT2D eigenvalue weighted by Crippen LogP contribution is -2.59. The second-order valence-corrected chi connectivity index (χ2v) is 8.48. The Balaban J connectivity index is 1.38. The highest BCUT2D eigenvalue weighted by Crippen LogP contribution is 2.28. The molecule has 2 aromatic carbocycles. The van der Waals surface area contributed by atoms with E-state index in [9.17, 15) is 13.2 Å². The van der Waals surface area contributed by atoms with Gasteiger partial charge in [-0.15, -0.1) is 13.2 Å². The van der Waals surface area contributed by atoms with Gasteiger partial charge in [-0.1, -0.05) is 29.4 Å². The second-order valence-electron chi connectivity index (χ2n) is 8.48. The number of aromatic nitrogens is 2. The van der Waals surface area contributed by atoms with Crippen LogP contribution in [-0.2, 0) is 23.8 Å². The number of benzene rings is 2. The fourth-order valence-corrected chi connectivity index (χ4v) is 4.22. The number of hydrogen-bond donors (Lipinski definition) is 0. The minimum atomic E-state index is -4.73. The molecule has 0 aliphatic carbocycles. The molecule has 0 amide bonds. The number of alkyl halides is 3. The lowest BCUT2D eigenvalue weighted by molar-refractivity contribution is -0.305. The number of rotatable bonds is 9. The number of nitrogens with zero attached hydrogens (tertiary/aromatic N) is 3. The summed E-state index contributed by atoms with van der Waals surface area (Å²) >= 11 is 0. The van der Waals surface area contributed by atoms with Crippen molar-refractivity contribution >= 4 is 6.21 Å². The molecule has 1 saturated heterocycles. The Kier molecular flexibility index (Phi) is 8.67. The van der Waals surface area contributed by atoms with Gasteiger partial charge in [0.2, 0.25) is 0 Å². The molecule has 3 aromatic rings. The van der Waals surface area contributed by atoms with Crippen LogP contribution < -0.4 is 4.74 Å². The number of ether oxygens (including phenoxy) is 5. The van der Waals surface area contributed by atoms with Crippen molar-refractivity contribution in [3.8, 4) is 22.7 Å². The van der Waals surface area contributed by atoms with Crippen LogP contribution in [0.3, 0.4) is 0 Å². The van der Waals surface area contributed by atoms with Crippen molar-refractivity contribution in [2.24, 2.45) is 5.16 Å². The maximum Gasteiger partial charge on any atom is 0.573 e. The molecule has 5 atom stereocenters. The Bertz CT molecular complexity index is 1200. The van der Waals surface area contributed by atoms with Gasteiger partial charge in [-0.05, 0) is 36.8 Å². The van der Waals surface area contributed by atoms with Gasteiger partial charge in [-0.3, -0.25) is 0 Å². The normalized spacial score (nSPS) is 24.0. The first-order valence-corrected chi connectivity index (χ1v) is 11.7.